The van der Waals surface area contributed by atoms with Crippen LogP contribution < -0.4 is 0 Å². The van der Waals surface area contributed by atoms with Gasteiger partial charge in [-0.2, -0.15) is 0 Å². The highest BCUT2D eigenvalue weighted by Crippen LogP contribution is 2.21. The van der Waals surface area contributed by atoms with Crippen LogP contribution in [0.4, 0.5) is 0 Å². The van der Waals surface area contributed by atoms with Crippen LogP contribution in [0.3, 0.4) is 0 Å². The quantitative estimate of drug-likeness (QED) is 0.756. The lowest BCUT2D eigenvalue weighted by Crippen LogP contribution is -2.04. The van der Waals surface area contributed by atoms with Crippen molar-refractivity contribution >= 4 is 22.3 Å². The fourth-order valence-corrected chi connectivity index (χ4v) is 1.85. The molecule has 0 spiro atoms. The Balaban J connectivity index is 2.44. The summed E-state index contributed by atoms with van der Waals surface area (Å²) in [4.78, 5) is 11.6. The summed E-state index contributed by atoms with van der Waals surface area (Å²) in [5.41, 5.74) is 2.74. The van der Waals surface area contributed by atoms with E-state index < -0.39 is 0 Å². The monoisotopic (exact) mass is 240 g/mol. The molecular formula is C16H16O2. The first-order chi connectivity index (χ1) is 8.61. The molecule has 2 rings (SSSR count). The molecule has 2 heteroatoms. The van der Waals surface area contributed by atoms with Crippen LogP contribution >= 0.6 is 0 Å². The van der Waals surface area contributed by atoms with Crippen LogP contribution in [0.5, 0.6) is 0 Å². The van der Waals surface area contributed by atoms with Gasteiger partial charge in [-0.05, 0) is 48.4 Å². The second-order valence-electron chi connectivity index (χ2n) is 4.28. The van der Waals surface area contributed by atoms with E-state index in [1.54, 1.807) is 13.0 Å². The lowest BCUT2D eigenvalue weighted by Gasteiger charge is -2.06. The molecule has 0 aliphatic rings. The van der Waals surface area contributed by atoms with Crippen LogP contribution in [0.15, 0.2) is 43.0 Å². The highest BCUT2D eigenvalue weighted by molar-refractivity contribution is 5.96. The van der Waals surface area contributed by atoms with Gasteiger partial charge < -0.3 is 4.74 Å². The van der Waals surface area contributed by atoms with Crippen molar-refractivity contribution in [3.63, 3.8) is 0 Å². The van der Waals surface area contributed by atoms with Crippen LogP contribution in [0.25, 0.3) is 16.3 Å². The van der Waals surface area contributed by atoms with E-state index in [1.165, 1.54) is 0 Å². The Morgan fingerprint density at radius 1 is 1.11 bits per heavy atom. The minimum atomic E-state index is -0.275. The van der Waals surface area contributed by atoms with E-state index in [4.69, 9.17) is 4.74 Å². The zero-order valence-electron chi connectivity index (χ0n) is 10.7. The van der Waals surface area contributed by atoms with Crippen molar-refractivity contribution < 1.29 is 9.53 Å². The molecule has 2 aromatic rings. The maximum absolute atomic E-state index is 11.6. The van der Waals surface area contributed by atoms with Gasteiger partial charge in [-0.1, -0.05) is 30.4 Å². The third-order valence-corrected chi connectivity index (χ3v) is 2.84. The first-order valence-electron chi connectivity index (χ1n) is 5.98. The maximum atomic E-state index is 11.6. The molecule has 2 aromatic carbocycles. The number of esters is 1. The lowest BCUT2D eigenvalue weighted by molar-refractivity contribution is 0.0526. The standard InChI is InChI=1S/C16H16O2/c1-4-18-16(17)15-8-7-13-9-12(11(2)3)5-6-14(13)10-15/h5-10H,2,4H2,1,3H3. The molecule has 0 heterocycles. The molecule has 0 amide bonds. The van der Waals surface area contributed by atoms with Crippen LogP contribution in [-0.4, -0.2) is 12.6 Å². The third-order valence-electron chi connectivity index (χ3n) is 2.84. The summed E-state index contributed by atoms with van der Waals surface area (Å²) in [7, 11) is 0. The smallest absolute Gasteiger partial charge is 0.338 e. The molecule has 0 N–H and O–H groups in total. The third kappa shape index (κ3) is 2.43. The number of allylic oxidation sites excluding steroid dienone is 1. The second-order valence-corrected chi connectivity index (χ2v) is 4.28. The first-order valence-corrected chi connectivity index (χ1v) is 5.98. The summed E-state index contributed by atoms with van der Waals surface area (Å²) in [6.07, 6.45) is 0. The zero-order valence-corrected chi connectivity index (χ0v) is 10.7. The number of carbonyl (C=O) groups is 1. The molecule has 0 saturated heterocycles. The Morgan fingerprint density at radius 3 is 2.22 bits per heavy atom. The number of rotatable bonds is 3. The molecule has 18 heavy (non-hydrogen) atoms. The summed E-state index contributed by atoms with van der Waals surface area (Å²) in [5, 5.41) is 2.13. The average molecular weight is 240 g/mol. The largest absolute Gasteiger partial charge is 0.462 e. The van der Waals surface area contributed by atoms with E-state index in [-0.39, 0.29) is 5.97 Å². The summed E-state index contributed by atoms with van der Waals surface area (Å²) in [5.74, 6) is -0.275. The molecule has 92 valence electrons. The van der Waals surface area contributed by atoms with Gasteiger partial charge in [-0.15, -0.1) is 0 Å². The van der Waals surface area contributed by atoms with Crippen molar-refractivity contribution in [2.24, 2.45) is 0 Å². The van der Waals surface area contributed by atoms with E-state index in [9.17, 15) is 4.79 Å². The van der Waals surface area contributed by atoms with E-state index >= 15 is 0 Å². The molecular weight excluding hydrogens is 224 g/mol. The summed E-state index contributed by atoms with van der Waals surface area (Å²) in [6.45, 7) is 8.11. The number of hydrogen-bond acceptors (Lipinski definition) is 2. The van der Waals surface area contributed by atoms with Crippen LogP contribution in [0.1, 0.15) is 29.8 Å². The maximum Gasteiger partial charge on any atom is 0.338 e. The van der Waals surface area contributed by atoms with Crippen molar-refractivity contribution in [2.75, 3.05) is 6.61 Å². The van der Waals surface area contributed by atoms with Crippen molar-refractivity contribution in [3.05, 3.63) is 54.1 Å². The number of hydrogen-bond donors (Lipinski definition) is 0. The molecule has 0 aliphatic carbocycles. The summed E-state index contributed by atoms with van der Waals surface area (Å²) >= 11 is 0. The van der Waals surface area contributed by atoms with Crippen molar-refractivity contribution in [3.8, 4) is 0 Å². The molecule has 0 saturated carbocycles. The zero-order chi connectivity index (χ0) is 13.1. The van der Waals surface area contributed by atoms with Crippen LogP contribution in [0, 0.1) is 0 Å². The highest BCUT2D eigenvalue weighted by Gasteiger charge is 2.07. The minimum absolute atomic E-state index is 0.275. The van der Waals surface area contributed by atoms with Gasteiger partial charge in [0.05, 0.1) is 12.2 Å². The highest BCUT2D eigenvalue weighted by atomic mass is 16.5. The van der Waals surface area contributed by atoms with Crippen molar-refractivity contribution in [2.45, 2.75) is 13.8 Å². The molecule has 2 nitrogen and oxygen atoms in total. The molecule has 0 fully saturated rings. The van der Waals surface area contributed by atoms with Gasteiger partial charge in [0.25, 0.3) is 0 Å². The van der Waals surface area contributed by atoms with Gasteiger partial charge in [0.1, 0.15) is 0 Å². The minimum Gasteiger partial charge on any atom is -0.462 e. The van der Waals surface area contributed by atoms with Crippen molar-refractivity contribution in [1.82, 2.24) is 0 Å². The van der Waals surface area contributed by atoms with Gasteiger partial charge in [0, 0.05) is 0 Å². The van der Waals surface area contributed by atoms with E-state index in [2.05, 4.69) is 12.6 Å². The average Bonchev–Trinajstić information content (AvgIpc) is 2.37. The van der Waals surface area contributed by atoms with Crippen LogP contribution in [0.2, 0.25) is 0 Å². The Morgan fingerprint density at radius 2 is 1.67 bits per heavy atom. The Labute approximate surface area is 107 Å². The van der Waals surface area contributed by atoms with Gasteiger partial charge in [0.2, 0.25) is 0 Å². The van der Waals surface area contributed by atoms with Gasteiger partial charge in [-0.25, -0.2) is 4.79 Å². The molecule has 0 unspecified atom stereocenters. The van der Waals surface area contributed by atoms with E-state index in [1.807, 2.05) is 31.2 Å². The molecule has 0 aromatic heterocycles. The van der Waals surface area contributed by atoms with Gasteiger partial charge in [-0.3, -0.25) is 0 Å². The predicted molar refractivity (Wildman–Crippen MR) is 74.6 cm³/mol. The molecule has 0 atom stereocenters. The topological polar surface area (TPSA) is 26.3 Å². The SMILES string of the molecule is C=C(C)c1ccc2cc(C(=O)OCC)ccc2c1. The van der Waals surface area contributed by atoms with Crippen molar-refractivity contribution in [1.29, 1.82) is 0 Å². The van der Waals surface area contributed by atoms with Crippen LogP contribution in [-0.2, 0) is 4.74 Å². The molecule has 0 bridgehead atoms. The first kappa shape index (κ1) is 12.4. The van der Waals surface area contributed by atoms with Gasteiger partial charge >= 0.3 is 5.97 Å². The number of fused-ring (bicyclic) bond motifs is 1. The fourth-order valence-electron chi connectivity index (χ4n) is 1.85. The fraction of sp³-hybridized carbons (Fsp3) is 0.188. The normalized spacial score (nSPS) is 10.3. The van der Waals surface area contributed by atoms with E-state index in [0.717, 1.165) is 21.9 Å². The van der Waals surface area contributed by atoms with Gasteiger partial charge in [0.15, 0.2) is 0 Å². The Bertz CT molecular complexity index is 612. The number of benzene rings is 2. The molecule has 0 radical (unpaired) electrons. The Kier molecular flexibility index (Phi) is 3.47. The number of ether oxygens (including phenoxy) is 1. The molecule has 0 aliphatic heterocycles. The summed E-state index contributed by atoms with van der Waals surface area (Å²) < 4.78 is 4.99. The lowest BCUT2D eigenvalue weighted by atomic mass is 10.0. The second kappa shape index (κ2) is 5.05. The Hall–Kier alpha value is -2.09. The number of carbonyl (C=O) groups excluding carboxylic acids is 1. The predicted octanol–water partition coefficient (Wildman–Crippen LogP) is 4.05. The summed E-state index contributed by atoms with van der Waals surface area (Å²) in [6, 6.07) is 11.7. The van der Waals surface area contributed by atoms with E-state index in [0.29, 0.717) is 12.2 Å².